The summed E-state index contributed by atoms with van der Waals surface area (Å²) in [5.74, 6) is -6.31. The Bertz CT molecular complexity index is 727. The van der Waals surface area contributed by atoms with Gasteiger partial charge in [0.15, 0.2) is 6.29 Å². The second kappa shape index (κ2) is 10.2. The van der Waals surface area contributed by atoms with Crippen LogP contribution in [-0.2, 0) is 18.9 Å². The Morgan fingerprint density at radius 3 is 1.60 bits per heavy atom. The molecule has 3 saturated heterocycles. The summed E-state index contributed by atoms with van der Waals surface area (Å²) < 4.78 is 20.8. The molecule has 0 amide bonds. The van der Waals surface area contributed by atoms with Crippen LogP contribution < -0.4 is 0 Å². The normalized spacial score (nSPS) is 55.3. The first-order chi connectivity index (χ1) is 16.3. The summed E-state index contributed by atoms with van der Waals surface area (Å²) in [7, 11) is 0. The van der Waals surface area contributed by atoms with Gasteiger partial charge in [-0.15, -0.1) is 0 Å². The van der Waals surface area contributed by atoms with Crippen LogP contribution in [0.4, 0.5) is 0 Å². The van der Waals surface area contributed by atoms with Crippen LogP contribution in [0.2, 0.25) is 0 Å². The fraction of sp³-hybridized carbons (Fsp3) is 1.00. The molecule has 35 heavy (non-hydrogen) atoms. The van der Waals surface area contributed by atoms with Gasteiger partial charge in [-0.2, -0.15) is 0 Å². The van der Waals surface area contributed by atoms with Crippen molar-refractivity contribution >= 4 is 0 Å². The number of aliphatic hydroxyl groups excluding tert-OH is 11. The highest BCUT2D eigenvalue weighted by Crippen LogP contribution is 2.47. The Balaban J connectivity index is 2.10. The van der Waals surface area contributed by atoms with Crippen molar-refractivity contribution in [2.24, 2.45) is 0 Å². The molecule has 0 aromatic heterocycles. The van der Waals surface area contributed by atoms with Crippen LogP contribution >= 0.6 is 0 Å². The van der Waals surface area contributed by atoms with Gasteiger partial charge in [0.25, 0.3) is 0 Å². The topological polar surface area (TPSA) is 300 Å². The van der Waals surface area contributed by atoms with E-state index in [0.29, 0.717) is 0 Å². The number of ether oxygens (including phenoxy) is 4. The van der Waals surface area contributed by atoms with Crippen molar-refractivity contribution in [3.63, 3.8) is 0 Å². The summed E-state index contributed by atoms with van der Waals surface area (Å²) in [6.07, 6.45) is -23.6. The maximum Gasteiger partial charge on any atom is 0.232 e. The molecule has 0 aromatic rings. The van der Waals surface area contributed by atoms with Gasteiger partial charge in [-0.1, -0.05) is 0 Å². The Morgan fingerprint density at radius 2 is 1.11 bits per heavy atom. The average Bonchev–Trinajstić information content (AvgIpc) is 3.10. The molecule has 3 aliphatic heterocycles. The van der Waals surface area contributed by atoms with E-state index < -0.39 is 111 Å². The highest BCUT2D eigenvalue weighted by atomic mass is 16.8. The lowest BCUT2D eigenvalue weighted by Crippen LogP contribution is -2.83. The molecule has 3 aliphatic rings. The third-order valence-corrected chi connectivity index (χ3v) is 6.75. The molecule has 3 rings (SSSR count). The molecule has 17 heteroatoms. The number of rotatable bonds is 7. The van der Waals surface area contributed by atoms with Crippen molar-refractivity contribution in [2.45, 2.75) is 84.5 Å². The van der Waals surface area contributed by atoms with E-state index >= 15 is 0 Å². The van der Waals surface area contributed by atoms with Crippen LogP contribution in [0, 0.1) is 0 Å². The molecule has 206 valence electrons. The summed E-state index contributed by atoms with van der Waals surface area (Å²) in [5.41, 5.74) is -3.57. The van der Waals surface area contributed by atoms with Gasteiger partial charge < -0.3 is 85.3 Å². The van der Waals surface area contributed by atoms with E-state index in [1.807, 2.05) is 0 Å². The number of hydrogen-bond donors (Lipinski definition) is 13. The van der Waals surface area contributed by atoms with E-state index in [2.05, 4.69) is 0 Å². The van der Waals surface area contributed by atoms with Gasteiger partial charge in [0.1, 0.15) is 67.6 Å². The van der Waals surface area contributed by atoms with Gasteiger partial charge in [0.2, 0.25) is 17.2 Å². The van der Waals surface area contributed by atoms with Crippen LogP contribution in [0.5, 0.6) is 0 Å². The maximum absolute atomic E-state index is 11.5. The first kappa shape index (κ1) is 28.9. The minimum Gasteiger partial charge on any atom is -0.394 e. The lowest BCUT2D eigenvalue weighted by atomic mass is 9.74. The fourth-order valence-electron chi connectivity index (χ4n) is 4.53. The van der Waals surface area contributed by atoms with Gasteiger partial charge >= 0.3 is 0 Å². The first-order valence-electron chi connectivity index (χ1n) is 10.6. The molecular formula is C18H32O17. The maximum atomic E-state index is 11.5. The van der Waals surface area contributed by atoms with Gasteiger partial charge in [-0.3, -0.25) is 0 Å². The monoisotopic (exact) mass is 520 g/mol. The van der Waals surface area contributed by atoms with Crippen molar-refractivity contribution in [2.75, 3.05) is 26.4 Å². The van der Waals surface area contributed by atoms with E-state index in [9.17, 15) is 66.4 Å². The number of aliphatic hydroxyl groups is 13. The van der Waals surface area contributed by atoms with Crippen molar-refractivity contribution in [3.8, 4) is 0 Å². The Kier molecular flexibility index (Phi) is 8.45. The summed E-state index contributed by atoms with van der Waals surface area (Å²) in [4.78, 5) is 0. The van der Waals surface area contributed by atoms with Gasteiger partial charge in [-0.05, 0) is 0 Å². The largest absolute Gasteiger partial charge is 0.394 e. The molecule has 3 fully saturated rings. The van der Waals surface area contributed by atoms with Gasteiger partial charge in [0, 0.05) is 0 Å². The molecule has 14 atom stereocenters. The molecule has 0 aliphatic carbocycles. The van der Waals surface area contributed by atoms with Crippen LogP contribution in [-0.4, -0.2) is 177 Å². The molecule has 0 aromatic carbocycles. The minimum atomic E-state index is -3.60. The highest BCUT2D eigenvalue weighted by Gasteiger charge is 2.74. The zero-order chi connectivity index (χ0) is 26.5. The predicted molar refractivity (Wildman–Crippen MR) is 103 cm³/mol. The quantitative estimate of drug-likeness (QED) is 0.148. The molecule has 1 unspecified atom stereocenters. The standard InChI is InChI=1S/C18H32O17/c19-1-5-9(24)13(28)17(30,18(31)14(29)11(26)8(23)6(2-20)34-18)15(32-5)35-16(4-22)12(27)10(25)7(3-21)33-16/h5-15,19-31H,1-4H2/t5-,6-,7-,8+,9-,10-,11+,12+,13+,14-,15-,16?,17+,18-/m1/s1. The van der Waals surface area contributed by atoms with Crippen molar-refractivity contribution in [1.82, 2.24) is 0 Å². The Morgan fingerprint density at radius 1 is 0.600 bits per heavy atom. The van der Waals surface area contributed by atoms with E-state index in [1.54, 1.807) is 0 Å². The zero-order valence-electron chi connectivity index (χ0n) is 18.1. The average molecular weight is 520 g/mol. The van der Waals surface area contributed by atoms with Crippen molar-refractivity contribution in [3.05, 3.63) is 0 Å². The van der Waals surface area contributed by atoms with Crippen molar-refractivity contribution < 1.29 is 85.3 Å². The van der Waals surface area contributed by atoms with E-state index in [4.69, 9.17) is 18.9 Å². The molecule has 17 nitrogen and oxygen atoms in total. The van der Waals surface area contributed by atoms with Crippen LogP contribution in [0.15, 0.2) is 0 Å². The van der Waals surface area contributed by atoms with Crippen LogP contribution in [0.25, 0.3) is 0 Å². The smallest absolute Gasteiger partial charge is 0.232 e. The molecular weight excluding hydrogens is 488 g/mol. The molecule has 0 bridgehead atoms. The second-order valence-corrected chi connectivity index (χ2v) is 8.77. The van der Waals surface area contributed by atoms with Crippen LogP contribution in [0.3, 0.4) is 0 Å². The van der Waals surface area contributed by atoms with E-state index in [-0.39, 0.29) is 0 Å². The molecule has 0 spiro atoms. The van der Waals surface area contributed by atoms with Crippen LogP contribution in [0.1, 0.15) is 0 Å². The number of hydrogen-bond acceptors (Lipinski definition) is 17. The molecule has 3 heterocycles. The first-order valence-corrected chi connectivity index (χ1v) is 10.6. The zero-order valence-corrected chi connectivity index (χ0v) is 18.1. The lowest BCUT2D eigenvalue weighted by Gasteiger charge is -2.58. The Labute approximate surface area is 197 Å². The summed E-state index contributed by atoms with van der Waals surface area (Å²) in [6.45, 7) is -4.27. The van der Waals surface area contributed by atoms with Gasteiger partial charge in [0.05, 0.1) is 19.8 Å². The Hall–Kier alpha value is -0.680. The van der Waals surface area contributed by atoms with E-state index in [1.165, 1.54) is 0 Å². The summed E-state index contributed by atoms with van der Waals surface area (Å²) >= 11 is 0. The SMILES string of the molecule is OC[C@H]1O[C@@](O)([C@@]2(O)[C@@H](OC3(CO)O[C@H](CO)[C@@H](O)[C@@H]3O)O[C@H](CO)[C@@H](O)[C@@H]2O)[C@H](O)[C@@H](O)[C@H]1O. The minimum absolute atomic E-state index is 0.881. The van der Waals surface area contributed by atoms with Gasteiger partial charge in [-0.25, -0.2) is 0 Å². The highest BCUT2D eigenvalue weighted by molar-refractivity contribution is 5.15. The third kappa shape index (κ3) is 4.19. The molecule has 0 radical (unpaired) electrons. The third-order valence-electron chi connectivity index (χ3n) is 6.75. The lowest BCUT2D eigenvalue weighted by molar-refractivity contribution is -0.483. The second-order valence-electron chi connectivity index (χ2n) is 8.77. The fourth-order valence-corrected chi connectivity index (χ4v) is 4.53. The summed E-state index contributed by atoms with van der Waals surface area (Å²) in [6, 6.07) is 0. The summed E-state index contributed by atoms with van der Waals surface area (Å²) in [5, 5.41) is 133. The molecule has 0 saturated carbocycles. The predicted octanol–water partition coefficient (Wildman–Crippen LogP) is -8.86. The van der Waals surface area contributed by atoms with E-state index in [0.717, 1.165) is 0 Å². The molecule has 13 N–H and O–H groups in total. The van der Waals surface area contributed by atoms with Crippen molar-refractivity contribution in [1.29, 1.82) is 0 Å².